The van der Waals surface area contributed by atoms with Crippen LogP contribution in [0.3, 0.4) is 0 Å². The van der Waals surface area contributed by atoms with E-state index in [1.807, 2.05) is 41.9 Å². The van der Waals surface area contributed by atoms with Gasteiger partial charge in [0.25, 0.3) is 0 Å². The zero-order valence-corrected chi connectivity index (χ0v) is 11.9. The quantitative estimate of drug-likeness (QED) is 0.638. The molecule has 4 nitrogen and oxygen atoms in total. The summed E-state index contributed by atoms with van der Waals surface area (Å²) in [6.45, 7) is 2.09. The van der Waals surface area contributed by atoms with Crippen LogP contribution in [0.1, 0.15) is 30.9 Å². The summed E-state index contributed by atoms with van der Waals surface area (Å²) in [7, 11) is 0. The molecule has 2 aromatic rings. The molecule has 0 N–H and O–H groups in total. The molecular formula is C17H16N2O2. The van der Waals surface area contributed by atoms with E-state index in [2.05, 4.69) is 6.07 Å². The van der Waals surface area contributed by atoms with E-state index in [0.717, 1.165) is 16.7 Å². The van der Waals surface area contributed by atoms with Gasteiger partial charge in [-0.2, -0.15) is 5.26 Å². The third-order valence-electron chi connectivity index (χ3n) is 3.81. The Labute approximate surface area is 123 Å². The molecule has 2 heterocycles. The van der Waals surface area contributed by atoms with Gasteiger partial charge in [-0.1, -0.05) is 11.6 Å². The zero-order chi connectivity index (χ0) is 14.8. The number of allylic oxidation sites excluding steroid dienone is 1. The third kappa shape index (κ3) is 2.82. The highest BCUT2D eigenvalue weighted by Gasteiger charge is 2.23. The SMILES string of the molecule is C/C(=C/C(=O)OCc1cn2ccccc2c1C#N)C1CC1. The Kier molecular flexibility index (Phi) is 3.49. The van der Waals surface area contributed by atoms with E-state index in [9.17, 15) is 10.1 Å². The minimum atomic E-state index is -0.335. The average molecular weight is 280 g/mol. The predicted octanol–water partition coefficient (Wildman–Crippen LogP) is 3.21. The van der Waals surface area contributed by atoms with Gasteiger partial charge < -0.3 is 9.14 Å². The van der Waals surface area contributed by atoms with E-state index in [4.69, 9.17) is 4.74 Å². The molecule has 0 atom stereocenters. The van der Waals surface area contributed by atoms with Crippen LogP contribution in [0, 0.1) is 17.2 Å². The van der Waals surface area contributed by atoms with Crippen molar-refractivity contribution in [2.45, 2.75) is 26.4 Å². The maximum Gasteiger partial charge on any atom is 0.331 e. The maximum absolute atomic E-state index is 11.8. The van der Waals surface area contributed by atoms with Gasteiger partial charge in [0.15, 0.2) is 0 Å². The molecule has 0 spiro atoms. The summed E-state index contributed by atoms with van der Waals surface area (Å²) in [6.07, 6.45) is 7.61. The smallest absolute Gasteiger partial charge is 0.331 e. The van der Waals surface area contributed by atoms with E-state index < -0.39 is 0 Å². The van der Waals surface area contributed by atoms with E-state index in [0.29, 0.717) is 11.5 Å². The van der Waals surface area contributed by atoms with Crippen LogP contribution in [0.4, 0.5) is 0 Å². The van der Waals surface area contributed by atoms with E-state index in [-0.39, 0.29) is 12.6 Å². The molecule has 0 saturated heterocycles. The van der Waals surface area contributed by atoms with Gasteiger partial charge in [0, 0.05) is 24.0 Å². The van der Waals surface area contributed by atoms with Crippen molar-refractivity contribution < 1.29 is 9.53 Å². The molecule has 1 aliphatic carbocycles. The van der Waals surface area contributed by atoms with Crippen LogP contribution in [-0.2, 0) is 16.1 Å². The number of carbonyl (C=O) groups is 1. The second kappa shape index (κ2) is 5.45. The number of carbonyl (C=O) groups excluding carboxylic acids is 1. The summed E-state index contributed by atoms with van der Waals surface area (Å²) in [4.78, 5) is 11.8. The molecule has 0 aliphatic heterocycles. The van der Waals surface area contributed by atoms with E-state index in [1.165, 1.54) is 12.8 Å². The lowest BCUT2D eigenvalue weighted by atomic mass is 10.2. The minimum absolute atomic E-state index is 0.123. The van der Waals surface area contributed by atoms with Crippen LogP contribution < -0.4 is 0 Å². The van der Waals surface area contributed by atoms with E-state index >= 15 is 0 Å². The van der Waals surface area contributed by atoms with Crippen LogP contribution in [-0.4, -0.2) is 10.4 Å². The first kappa shape index (κ1) is 13.4. The molecule has 0 unspecified atom stereocenters. The van der Waals surface area contributed by atoms with Crippen molar-refractivity contribution in [2.75, 3.05) is 0 Å². The highest BCUT2D eigenvalue weighted by molar-refractivity contribution is 5.83. The number of hydrogen-bond donors (Lipinski definition) is 0. The molecule has 0 aromatic carbocycles. The van der Waals surface area contributed by atoms with Gasteiger partial charge in [0.1, 0.15) is 12.7 Å². The lowest BCUT2D eigenvalue weighted by molar-refractivity contribution is -0.139. The highest BCUT2D eigenvalue weighted by atomic mass is 16.5. The van der Waals surface area contributed by atoms with Crippen molar-refractivity contribution in [3.63, 3.8) is 0 Å². The van der Waals surface area contributed by atoms with Crippen LogP contribution >= 0.6 is 0 Å². The minimum Gasteiger partial charge on any atom is -0.458 e. The second-order valence-electron chi connectivity index (χ2n) is 5.40. The van der Waals surface area contributed by atoms with Gasteiger partial charge in [0.05, 0.1) is 11.1 Å². The Morgan fingerprint density at radius 2 is 2.33 bits per heavy atom. The number of hydrogen-bond acceptors (Lipinski definition) is 3. The monoisotopic (exact) mass is 280 g/mol. The lowest BCUT2D eigenvalue weighted by Gasteiger charge is -2.02. The van der Waals surface area contributed by atoms with Gasteiger partial charge in [-0.15, -0.1) is 0 Å². The number of rotatable bonds is 4. The van der Waals surface area contributed by atoms with Crippen molar-refractivity contribution in [3.8, 4) is 6.07 Å². The highest BCUT2D eigenvalue weighted by Crippen LogP contribution is 2.35. The topological polar surface area (TPSA) is 54.5 Å². The summed E-state index contributed by atoms with van der Waals surface area (Å²) in [5.41, 5.74) is 3.21. The van der Waals surface area contributed by atoms with Crippen LogP contribution in [0.15, 0.2) is 42.2 Å². The Morgan fingerprint density at radius 3 is 3.05 bits per heavy atom. The van der Waals surface area contributed by atoms with Crippen molar-refractivity contribution in [2.24, 2.45) is 5.92 Å². The number of aromatic nitrogens is 1. The Balaban J connectivity index is 1.74. The molecule has 0 radical (unpaired) electrons. The Bertz CT molecular complexity index is 761. The van der Waals surface area contributed by atoms with Crippen molar-refractivity contribution in [3.05, 3.63) is 53.4 Å². The van der Waals surface area contributed by atoms with Gasteiger partial charge in [-0.25, -0.2) is 4.79 Å². The molecule has 106 valence electrons. The number of pyridine rings is 1. The van der Waals surface area contributed by atoms with Gasteiger partial charge in [-0.05, 0) is 37.8 Å². The van der Waals surface area contributed by atoms with E-state index in [1.54, 1.807) is 6.08 Å². The number of nitriles is 1. The fourth-order valence-corrected chi connectivity index (χ4v) is 2.45. The molecule has 21 heavy (non-hydrogen) atoms. The van der Waals surface area contributed by atoms with Gasteiger partial charge in [0.2, 0.25) is 0 Å². The van der Waals surface area contributed by atoms with Crippen LogP contribution in [0.5, 0.6) is 0 Å². The maximum atomic E-state index is 11.8. The normalized spacial score (nSPS) is 15.0. The molecule has 4 heteroatoms. The van der Waals surface area contributed by atoms with Crippen LogP contribution in [0.2, 0.25) is 0 Å². The summed E-state index contributed by atoms with van der Waals surface area (Å²) >= 11 is 0. The van der Waals surface area contributed by atoms with Crippen molar-refractivity contribution >= 4 is 11.5 Å². The first-order valence-electron chi connectivity index (χ1n) is 7.02. The third-order valence-corrected chi connectivity index (χ3v) is 3.81. The number of nitrogens with zero attached hydrogens (tertiary/aromatic N) is 2. The molecular weight excluding hydrogens is 264 g/mol. The zero-order valence-electron chi connectivity index (χ0n) is 11.9. The first-order chi connectivity index (χ1) is 10.2. The van der Waals surface area contributed by atoms with Gasteiger partial charge in [-0.3, -0.25) is 0 Å². The first-order valence-corrected chi connectivity index (χ1v) is 7.02. The largest absolute Gasteiger partial charge is 0.458 e. The standard InChI is InChI=1S/C17H16N2O2/c1-12(13-5-6-13)8-17(20)21-11-14-10-19-7-3-2-4-16(19)15(14)9-18/h2-4,7-8,10,13H,5-6,11H2,1H3/b12-8-. The molecule has 0 amide bonds. The molecule has 1 saturated carbocycles. The summed E-state index contributed by atoms with van der Waals surface area (Å²) in [5, 5.41) is 9.28. The van der Waals surface area contributed by atoms with Crippen molar-refractivity contribution in [1.82, 2.24) is 4.40 Å². The van der Waals surface area contributed by atoms with Crippen molar-refractivity contribution in [1.29, 1.82) is 5.26 Å². The Hall–Kier alpha value is -2.54. The number of ether oxygens (including phenoxy) is 1. The molecule has 1 fully saturated rings. The molecule has 2 aromatic heterocycles. The van der Waals surface area contributed by atoms with Crippen LogP contribution in [0.25, 0.3) is 5.52 Å². The number of esters is 1. The lowest BCUT2D eigenvalue weighted by Crippen LogP contribution is -2.02. The number of fused-ring (bicyclic) bond motifs is 1. The summed E-state index contributed by atoms with van der Waals surface area (Å²) < 4.78 is 7.14. The molecule has 0 bridgehead atoms. The average Bonchev–Trinajstić information content (AvgIpc) is 3.26. The molecule has 1 aliphatic rings. The Morgan fingerprint density at radius 1 is 1.52 bits per heavy atom. The molecule has 3 rings (SSSR count). The second-order valence-corrected chi connectivity index (χ2v) is 5.40. The summed E-state index contributed by atoms with van der Waals surface area (Å²) in [6, 6.07) is 7.84. The predicted molar refractivity (Wildman–Crippen MR) is 78.4 cm³/mol. The fourth-order valence-electron chi connectivity index (χ4n) is 2.45. The fraction of sp³-hybridized carbons (Fsp3) is 0.294. The van der Waals surface area contributed by atoms with Gasteiger partial charge >= 0.3 is 5.97 Å². The summed E-state index contributed by atoms with van der Waals surface area (Å²) in [5.74, 6) is 0.225.